The predicted octanol–water partition coefficient (Wildman–Crippen LogP) is 5.46. The van der Waals surface area contributed by atoms with Crippen molar-refractivity contribution in [3.8, 4) is 11.1 Å². The molecule has 6 nitrogen and oxygen atoms in total. The van der Waals surface area contributed by atoms with Gasteiger partial charge in [0.05, 0.1) is 10.5 Å². The smallest absolute Gasteiger partial charge is 0.214 e. The lowest BCUT2D eigenvalue weighted by atomic mass is 9.97. The third kappa shape index (κ3) is 7.02. The molecule has 3 rings (SSSR count). The lowest BCUT2D eigenvalue weighted by Gasteiger charge is -2.26. The molecule has 0 aliphatic rings. The van der Waals surface area contributed by atoms with E-state index in [0.29, 0.717) is 31.0 Å². The summed E-state index contributed by atoms with van der Waals surface area (Å²) in [6, 6.07) is 18.3. The Kier molecular flexibility index (Phi) is 9.08. The van der Waals surface area contributed by atoms with Crippen LogP contribution in [0.5, 0.6) is 0 Å². The van der Waals surface area contributed by atoms with E-state index in [4.69, 9.17) is 0 Å². The van der Waals surface area contributed by atoms with Crippen molar-refractivity contribution >= 4 is 20.0 Å². The molecule has 0 saturated heterocycles. The topological polar surface area (TPSA) is 92.3 Å². The summed E-state index contributed by atoms with van der Waals surface area (Å²) in [4.78, 5) is -0.441. The van der Waals surface area contributed by atoms with Crippen LogP contribution >= 0.6 is 0 Å². The van der Waals surface area contributed by atoms with Crippen LogP contribution in [0.15, 0.2) is 77.7 Å². The predicted molar refractivity (Wildman–Crippen MR) is 142 cm³/mol. The molecule has 0 aliphatic carbocycles. The first-order valence-electron chi connectivity index (χ1n) is 12.0. The Hall–Kier alpha value is -2.73. The van der Waals surface area contributed by atoms with E-state index in [9.17, 15) is 30.0 Å². The zero-order valence-corrected chi connectivity index (χ0v) is 23.0. The van der Waals surface area contributed by atoms with Gasteiger partial charge in [0.25, 0.3) is 0 Å². The minimum absolute atomic E-state index is 0.0161. The molecule has 0 bridgehead atoms. The van der Waals surface area contributed by atoms with E-state index < -0.39 is 41.4 Å². The van der Waals surface area contributed by atoms with Gasteiger partial charge in [-0.05, 0) is 67.1 Å². The molecule has 3 aromatic carbocycles. The molecule has 0 heterocycles. The lowest BCUT2D eigenvalue weighted by molar-refractivity contribution is -0.137. The second-order valence-electron chi connectivity index (χ2n) is 9.36. The molecule has 38 heavy (non-hydrogen) atoms. The number of rotatable bonds is 11. The van der Waals surface area contributed by atoms with Crippen molar-refractivity contribution in [1.29, 1.82) is 0 Å². The summed E-state index contributed by atoms with van der Waals surface area (Å²) in [6.07, 6.45) is -3.59. The van der Waals surface area contributed by atoms with Crippen LogP contribution < -0.4 is 9.44 Å². The number of nitrogens with one attached hydrogen (secondary N) is 2. The van der Waals surface area contributed by atoms with Gasteiger partial charge < -0.3 is 0 Å². The molecule has 3 aromatic rings. The van der Waals surface area contributed by atoms with E-state index in [1.54, 1.807) is 26.0 Å². The fraction of sp³-hybridized carbons (Fsp3) is 0.333. The van der Waals surface area contributed by atoms with Gasteiger partial charge in [-0.1, -0.05) is 61.5 Å². The highest BCUT2D eigenvalue weighted by atomic mass is 32.2. The van der Waals surface area contributed by atoms with Crippen molar-refractivity contribution in [2.24, 2.45) is 0 Å². The number of halogens is 3. The monoisotopic (exact) mass is 568 g/mol. The Morgan fingerprint density at radius 2 is 1.32 bits per heavy atom. The molecule has 0 fully saturated rings. The molecular weight excluding hydrogens is 537 g/mol. The van der Waals surface area contributed by atoms with Crippen molar-refractivity contribution in [3.05, 3.63) is 89.5 Å². The van der Waals surface area contributed by atoms with Gasteiger partial charge in [-0.25, -0.2) is 26.3 Å². The third-order valence-electron chi connectivity index (χ3n) is 6.26. The normalized spacial score (nSPS) is 13.0. The van der Waals surface area contributed by atoms with Gasteiger partial charge in [0.15, 0.2) is 0 Å². The highest BCUT2D eigenvalue weighted by molar-refractivity contribution is 7.90. The zero-order valence-electron chi connectivity index (χ0n) is 21.3. The van der Waals surface area contributed by atoms with Crippen molar-refractivity contribution < 1.29 is 30.0 Å². The third-order valence-corrected chi connectivity index (χ3v) is 9.88. The summed E-state index contributed by atoms with van der Waals surface area (Å²) in [5.41, 5.74) is 2.26. The molecule has 0 unspecified atom stereocenters. The van der Waals surface area contributed by atoms with E-state index in [1.807, 2.05) is 43.3 Å². The summed E-state index contributed by atoms with van der Waals surface area (Å²) in [5, 5.41) is 0. The Morgan fingerprint density at radius 1 is 0.737 bits per heavy atom. The lowest BCUT2D eigenvalue weighted by Crippen LogP contribution is -2.39. The first-order chi connectivity index (χ1) is 17.7. The molecule has 0 radical (unpaired) electrons. The van der Waals surface area contributed by atoms with Crippen LogP contribution in [-0.4, -0.2) is 29.9 Å². The first kappa shape index (κ1) is 29.8. The van der Waals surface area contributed by atoms with Gasteiger partial charge in [-0.3, -0.25) is 0 Å². The molecule has 0 amide bonds. The van der Waals surface area contributed by atoms with Crippen LogP contribution in [0.1, 0.15) is 43.9 Å². The molecule has 0 spiro atoms. The SMILES string of the molecule is CCCNS(=O)(=O)C(C)(C)c1ccc(-c2ccc(CCNS(=O)(=O)c3cccc(C(F)(F)F)c3)cc2)cc1. The van der Waals surface area contributed by atoms with Crippen molar-refractivity contribution in [1.82, 2.24) is 9.44 Å². The molecule has 0 saturated carbocycles. The molecule has 0 atom stereocenters. The van der Waals surface area contributed by atoms with Crippen LogP contribution in [0, 0.1) is 0 Å². The standard InChI is InChI=1S/C27H31F3N2O4S2/c1-4-17-32-38(35,36)26(2,3)23-14-12-22(13-15-23)21-10-8-20(9-11-21)16-18-31-37(33,34)25-7-5-6-24(19-25)27(28,29)30/h5-15,19,31-32H,4,16-18H2,1-3H3. The van der Waals surface area contributed by atoms with Crippen LogP contribution in [0.4, 0.5) is 13.2 Å². The number of benzene rings is 3. The fourth-order valence-corrected chi connectivity index (χ4v) is 6.11. The molecular formula is C27H31F3N2O4S2. The number of sulfonamides is 2. The number of hydrogen-bond donors (Lipinski definition) is 2. The van der Waals surface area contributed by atoms with Crippen LogP contribution in [-0.2, 0) is 37.4 Å². The summed E-state index contributed by atoms with van der Waals surface area (Å²) in [7, 11) is -7.65. The van der Waals surface area contributed by atoms with Gasteiger partial charge in [0.1, 0.15) is 4.75 Å². The van der Waals surface area contributed by atoms with Crippen molar-refractivity contribution in [2.45, 2.75) is 49.4 Å². The molecule has 0 aliphatic heterocycles. The van der Waals surface area contributed by atoms with Crippen molar-refractivity contribution in [3.63, 3.8) is 0 Å². The van der Waals surface area contributed by atoms with Crippen molar-refractivity contribution in [2.75, 3.05) is 13.1 Å². The van der Waals surface area contributed by atoms with Gasteiger partial charge >= 0.3 is 6.18 Å². The van der Waals surface area contributed by atoms with Crippen LogP contribution in [0.2, 0.25) is 0 Å². The second kappa shape index (κ2) is 11.6. The minimum atomic E-state index is -4.63. The van der Waals surface area contributed by atoms with Gasteiger partial charge in [0, 0.05) is 13.1 Å². The van der Waals surface area contributed by atoms with E-state index in [0.717, 1.165) is 34.9 Å². The van der Waals surface area contributed by atoms with Crippen LogP contribution in [0.25, 0.3) is 11.1 Å². The summed E-state index contributed by atoms with van der Waals surface area (Å²) < 4.78 is 92.8. The average Bonchev–Trinajstić information content (AvgIpc) is 2.87. The highest BCUT2D eigenvalue weighted by Crippen LogP contribution is 2.32. The fourth-order valence-electron chi connectivity index (χ4n) is 3.75. The number of alkyl halides is 3. The molecule has 11 heteroatoms. The highest BCUT2D eigenvalue weighted by Gasteiger charge is 2.35. The molecule has 206 valence electrons. The summed E-state index contributed by atoms with van der Waals surface area (Å²) in [5.74, 6) is 0. The van der Waals surface area contributed by atoms with Gasteiger partial charge in [0.2, 0.25) is 20.0 Å². The first-order valence-corrected chi connectivity index (χ1v) is 15.0. The Morgan fingerprint density at radius 3 is 1.87 bits per heavy atom. The maximum absolute atomic E-state index is 12.9. The molecule has 0 aromatic heterocycles. The van der Waals surface area contributed by atoms with Gasteiger partial charge in [-0.2, -0.15) is 13.2 Å². The average molecular weight is 569 g/mol. The van der Waals surface area contributed by atoms with E-state index >= 15 is 0 Å². The second-order valence-corrected chi connectivity index (χ2v) is 13.4. The Bertz CT molecular complexity index is 1450. The Labute approximate surface area is 222 Å². The maximum Gasteiger partial charge on any atom is 0.416 e. The summed E-state index contributed by atoms with van der Waals surface area (Å²) in [6.45, 7) is 5.62. The van der Waals surface area contributed by atoms with E-state index in [2.05, 4.69) is 9.44 Å². The molecule has 2 N–H and O–H groups in total. The van der Waals surface area contributed by atoms with E-state index in [1.165, 1.54) is 0 Å². The largest absolute Gasteiger partial charge is 0.416 e. The zero-order chi connectivity index (χ0) is 28.2. The minimum Gasteiger partial charge on any atom is -0.214 e. The van der Waals surface area contributed by atoms with Crippen LogP contribution in [0.3, 0.4) is 0 Å². The van der Waals surface area contributed by atoms with E-state index in [-0.39, 0.29) is 6.54 Å². The Balaban J connectivity index is 1.64. The number of hydrogen-bond acceptors (Lipinski definition) is 4. The maximum atomic E-state index is 12.9. The summed E-state index contributed by atoms with van der Waals surface area (Å²) >= 11 is 0. The quantitative estimate of drug-likeness (QED) is 0.322. The van der Waals surface area contributed by atoms with Gasteiger partial charge in [-0.15, -0.1) is 0 Å².